The van der Waals surface area contributed by atoms with Crippen LogP contribution in [0.25, 0.3) is 0 Å². The van der Waals surface area contributed by atoms with Gasteiger partial charge in [0.15, 0.2) is 0 Å². The number of hydrogen-bond donors (Lipinski definition) is 2. The molecule has 0 saturated heterocycles. The van der Waals surface area contributed by atoms with Gasteiger partial charge in [-0.1, -0.05) is 6.07 Å². The summed E-state index contributed by atoms with van der Waals surface area (Å²) in [5.74, 6) is -0.138. The minimum atomic E-state index is -0.271. The third kappa shape index (κ3) is 2.10. The molecule has 0 fully saturated rings. The number of fused-ring (bicyclic) bond motifs is 1. The van der Waals surface area contributed by atoms with Crippen molar-refractivity contribution in [1.29, 1.82) is 0 Å². The molecule has 0 bridgehead atoms. The molecule has 0 unspecified atom stereocenters. The SMILES string of the molecule is Nc1ccc2c(c1)CN(C(=O)c1cc[nH]c(=O)c1)C2. The monoisotopic (exact) mass is 255 g/mol. The number of nitrogens with two attached hydrogens (primary N) is 1. The Bertz CT molecular complexity index is 706. The second kappa shape index (κ2) is 4.28. The van der Waals surface area contributed by atoms with E-state index in [1.165, 1.54) is 12.3 Å². The van der Waals surface area contributed by atoms with E-state index in [4.69, 9.17) is 5.73 Å². The van der Waals surface area contributed by atoms with Crippen molar-refractivity contribution in [3.05, 3.63) is 63.6 Å². The Hall–Kier alpha value is -2.56. The van der Waals surface area contributed by atoms with Gasteiger partial charge < -0.3 is 15.6 Å². The van der Waals surface area contributed by atoms with Gasteiger partial charge in [-0.15, -0.1) is 0 Å². The van der Waals surface area contributed by atoms with Crippen molar-refractivity contribution in [3.8, 4) is 0 Å². The van der Waals surface area contributed by atoms with Gasteiger partial charge in [0.25, 0.3) is 5.91 Å². The quantitative estimate of drug-likeness (QED) is 0.749. The van der Waals surface area contributed by atoms with E-state index in [-0.39, 0.29) is 11.5 Å². The second-order valence-electron chi connectivity index (χ2n) is 4.63. The van der Waals surface area contributed by atoms with Crippen LogP contribution in [0.4, 0.5) is 5.69 Å². The Morgan fingerprint density at radius 3 is 2.74 bits per heavy atom. The molecule has 0 atom stereocenters. The molecule has 19 heavy (non-hydrogen) atoms. The van der Waals surface area contributed by atoms with Gasteiger partial charge in [-0.25, -0.2) is 0 Å². The molecule has 2 aromatic rings. The van der Waals surface area contributed by atoms with Crippen molar-refractivity contribution in [2.45, 2.75) is 13.1 Å². The fraction of sp³-hybridized carbons (Fsp3) is 0.143. The number of aromatic nitrogens is 1. The number of benzene rings is 1. The van der Waals surface area contributed by atoms with Crippen molar-refractivity contribution >= 4 is 11.6 Å². The number of carbonyl (C=O) groups excluding carboxylic acids is 1. The van der Waals surface area contributed by atoms with Crippen LogP contribution >= 0.6 is 0 Å². The van der Waals surface area contributed by atoms with E-state index in [1.54, 1.807) is 11.0 Å². The first-order chi connectivity index (χ1) is 9.13. The summed E-state index contributed by atoms with van der Waals surface area (Å²) in [5, 5.41) is 0. The molecule has 0 saturated carbocycles. The molecule has 5 heteroatoms. The van der Waals surface area contributed by atoms with Gasteiger partial charge in [0.2, 0.25) is 5.56 Å². The first-order valence-corrected chi connectivity index (χ1v) is 5.99. The van der Waals surface area contributed by atoms with Crippen molar-refractivity contribution in [3.63, 3.8) is 0 Å². The van der Waals surface area contributed by atoms with Gasteiger partial charge >= 0.3 is 0 Å². The highest BCUT2D eigenvalue weighted by molar-refractivity contribution is 5.94. The van der Waals surface area contributed by atoms with Crippen molar-refractivity contribution in [2.24, 2.45) is 0 Å². The number of anilines is 1. The lowest BCUT2D eigenvalue weighted by molar-refractivity contribution is 0.0751. The Morgan fingerprint density at radius 2 is 1.95 bits per heavy atom. The molecule has 3 rings (SSSR count). The molecule has 0 spiro atoms. The van der Waals surface area contributed by atoms with Crippen LogP contribution in [0.2, 0.25) is 0 Å². The summed E-state index contributed by atoms with van der Waals surface area (Å²) in [5.41, 5.74) is 8.74. The Morgan fingerprint density at radius 1 is 1.16 bits per heavy atom. The summed E-state index contributed by atoms with van der Waals surface area (Å²) in [7, 11) is 0. The normalized spacial score (nSPS) is 13.4. The van der Waals surface area contributed by atoms with E-state index in [0.29, 0.717) is 24.3 Å². The zero-order valence-corrected chi connectivity index (χ0v) is 10.2. The third-order valence-electron chi connectivity index (χ3n) is 3.26. The standard InChI is InChI=1S/C14H13N3O2/c15-12-2-1-10-7-17(8-11(10)5-12)14(19)9-3-4-16-13(18)6-9/h1-6H,7-8,15H2,(H,16,18). The van der Waals surface area contributed by atoms with Crippen LogP contribution in [0.15, 0.2) is 41.3 Å². The number of rotatable bonds is 1. The molecule has 1 aliphatic rings. The van der Waals surface area contributed by atoms with Gasteiger partial charge in [0.05, 0.1) is 0 Å². The first-order valence-electron chi connectivity index (χ1n) is 5.99. The maximum absolute atomic E-state index is 12.3. The van der Waals surface area contributed by atoms with Gasteiger partial charge in [-0.3, -0.25) is 9.59 Å². The smallest absolute Gasteiger partial charge is 0.254 e. The molecular weight excluding hydrogens is 242 g/mol. The molecule has 0 radical (unpaired) electrons. The number of H-pyrrole nitrogens is 1. The summed E-state index contributed by atoms with van der Waals surface area (Å²) in [6.07, 6.45) is 1.48. The zero-order valence-electron chi connectivity index (χ0n) is 10.2. The van der Waals surface area contributed by atoms with Gasteiger partial charge in [0.1, 0.15) is 0 Å². The van der Waals surface area contributed by atoms with Crippen LogP contribution in [0.5, 0.6) is 0 Å². The molecule has 3 N–H and O–H groups in total. The lowest BCUT2D eigenvalue weighted by Crippen LogP contribution is -2.26. The van der Waals surface area contributed by atoms with Crippen LogP contribution < -0.4 is 11.3 Å². The van der Waals surface area contributed by atoms with E-state index >= 15 is 0 Å². The molecule has 0 aliphatic carbocycles. The van der Waals surface area contributed by atoms with E-state index in [0.717, 1.165) is 11.1 Å². The maximum Gasteiger partial charge on any atom is 0.254 e. The molecule has 5 nitrogen and oxygen atoms in total. The van der Waals surface area contributed by atoms with Crippen LogP contribution in [0, 0.1) is 0 Å². The summed E-state index contributed by atoms with van der Waals surface area (Å²) in [6, 6.07) is 8.59. The summed E-state index contributed by atoms with van der Waals surface area (Å²) >= 11 is 0. The average Bonchev–Trinajstić information content (AvgIpc) is 2.80. The Kier molecular flexibility index (Phi) is 2.59. The van der Waals surface area contributed by atoms with Crippen molar-refractivity contribution in [1.82, 2.24) is 9.88 Å². The Balaban J connectivity index is 1.87. The van der Waals surface area contributed by atoms with E-state index in [9.17, 15) is 9.59 Å². The second-order valence-corrected chi connectivity index (χ2v) is 4.63. The fourth-order valence-corrected chi connectivity index (χ4v) is 2.32. The summed E-state index contributed by atoms with van der Waals surface area (Å²) < 4.78 is 0. The number of nitrogens with zero attached hydrogens (tertiary/aromatic N) is 1. The van der Waals surface area contributed by atoms with Crippen LogP contribution in [0.3, 0.4) is 0 Å². The number of amides is 1. The number of carbonyl (C=O) groups is 1. The topological polar surface area (TPSA) is 79.2 Å². The minimum Gasteiger partial charge on any atom is -0.399 e. The summed E-state index contributed by atoms with van der Waals surface area (Å²) in [6.45, 7) is 1.09. The zero-order chi connectivity index (χ0) is 13.4. The molecule has 1 amide bonds. The van der Waals surface area contributed by atoms with Crippen LogP contribution in [0.1, 0.15) is 21.5 Å². The van der Waals surface area contributed by atoms with Crippen LogP contribution in [-0.2, 0) is 13.1 Å². The largest absolute Gasteiger partial charge is 0.399 e. The molecule has 1 aliphatic heterocycles. The molecule has 96 valence electrons. The minimum absolute atomic E-state index is 0.138. The lowest BCUT2D eigenvalue weighted by atomic mass is 10.1. The van der Waals surface area contributed by atoms with Crippen LogP contribution in [-0.4, -0.2) is 15.8 Å². The number of nitrogens with one attached hydrogen (secondary N) is 1. The number of nitrogen functional groups attached to an aromatic ring is 1. The summed E-state index contributed by atoms with van der Waals surface area (Å²) in [4.78, 5) is 27.7. The fourth-order valence-electron chi connectivity index (χ4n) is 2.32. The van der Waals surface area contributed by atoms with Gasteiger partial charge in [-0.05, 0) is 29.3 Å². The third-order valence-corrected chi connectivity index (χ3v) is 3.26. The molecule has 2 heterocycles. The van der Waals surface area contributed by atoms with Gasteiger partial charge in [0, 0.05) is 36.6 Å². The highest BCUT2D eigenvalue weighted by Gasteiger charge is 2.24. The molecule has 1 aromatic heterocycles. The van der Waals surface area contributed by atoms with Gasteiger partial charge in [-0.2, -0.15) is 0 Å². The van der Waals surface area contributed by atoms with Crippen molar-refractivity contribution in [2.75, 3.05) is 5.73 Å². The van der Waals surface area contributed by atoms with Crippen molar-refractivity contribution < 1.29 is 4.79 Å². The Labute approximate surface area is 109 Å². The maximum atomic E-state index is 12.3. The van der Waals surface area contributed by atoms with E-state index < -0.39 is 0 Å². The van der Waals surface area contributed by atoms with E-state index in [1.807, 2.05) is 18.2 Å². The number of aromatic amines is 1. The van der Waals surface area contributed by atoms with E-state index in [2.05, 4.69) is 4.98 Å². The lowest BCUT2D eigenvalue weighted by Gasteiger charge is -2.14. The molecule has 1 aromatic carbocycles. The number of pyridine rings is 1. The molecular formula is C14H13N3O2. The highest BCUT2D eigenvalue weighted by Crippen LogP contribution is 2.25. The predicted octanol–water partition coefficient (Wildman–Crippen LogP) is 1.11. The average molecular weight is 255 g/mol. The number of hydrogen-bond acceptors (Lipinski definition) is 3. The highest BCUT2D eigenvalue weighted by atomic mass is 16.2. The predicted molar refractivity (Wildman–Crippen MR) is 71.5 cm³/mol. The first kappa shape index (κ1) is 11.5.